The molecule has 2 rings (SSSR count). The van der Waals surface area contributed by atoms with Crippen LogP contribution in [0.1, 0.15) is 45.4 Å². The highest BCUT2D eigenvalue weighted by Crippen LogP contribution is 2.32. The Morgan fingerprint density at radius 2 is 1.83 bits per heavy atom. The van der Waals surface area contributed by atoms with Gasteiger partial charge in [-0.15, -0.1) is 0 Å². The number of hydrogen-bond acceptors (Lipinski definition) is 3. The number of rotatable bonds is 3. The monoisotopic (exact) mass is 271 g/mol. The summed E-state index contributed by atoms with van der Waals surface area (Å²) in [6.07, 6.45) is 4.90. The first-order chi connectivity index (χ1) is 8.47. The third-order valence-electron chi connectivity index (χ3n) is 4.07. The van der Waals surface area contributed by atoms with Crippen LogP contribution in [0.15, 0.2) is 0 Å². The molecule has 6 heteroatoms. The summed E-state index contributed by atoms with van der Waals surface area (Å²) in [4.78, 5) is 0. The molecule has 1 saturated carbocycles. The first kappa shape index (κ1) is 13.8. The predicted octanol–water partition coefficient (Wildman–Crippen LogP) is 1.39. The summed E-state index contributed by atoms with van der Waals surface area (Å²) in [6, 6.07) is 2.20. The molecular weight excluding hydrogens is 250 g/mol. The Balaban J connectivity index is 2.08. The van der Waals surface area contributed by atoms with Gasteiger partial charge in [0.1, 0.15) is 5.54 Å². The second-order valence-electron chi connectivity index (χ2n) is 5.59. The van der Waals surface area contributed by atoms with Crippen molar-refractivity contribution in [3.8, 4) is 6.07 Å². The van der Waals surface area contributed by atoms with Gasteiger partial charge < -0.3 is 0 Å². The van der Waals surface area contributed by atoms with E-state index in [1.165, 1.54) is 4.31 Å². The van der Waals surface area contributed by atoms with E-state index in [0.717, 1.165) is 25.7 Å². The lowest BCUT2D eigenvalue weighted by Gasteiger charge is -2.35. The Hall–Kier alpha value is -0.640. The van der Waals surface area contributed by atoms with E-state index in [9.17, 15) is 13.7 Å². The molecule has 0 unspecified atom stereocenters. The molecule has 0 aromatic carbocycles. The molecular formula is C12H21N3O2S. The van der Waals surface area contributed by atoms with Crippen LogP contribution in [0.2, 0.25) is 0 Å². The van der Waals surface area contributed by atoms with Crippen LogP contribution in [0.4, 0.5) is 0 Å². The lowest BCUT2D eigenvalue weighted by Crippen LogP contribution is -2.53. The molecule has 0 bridgehead atoms. The van der Waals surface area contributed by atoms with Crippen LogP contribution in [0.5, 0.6) is 0 Å². The molecule has 0 aromatic rings. The van der Waals surface area contributed by atoms with Crippen molar-refractivity contribution in [2.24, 2.45) is 5.92 Å². The van der Waals surface area contributed by atoms with E-state index in [1.807, 2.05) is 0 Å². The third kappa shape index (κ3) is 2.85. The minimum Gasteiger partial charge on any atom is -0.196 e. The highest BCUT2D eigenvalue weighted by atomic mass is 32.2. The molecule has 1 heterocycles. The van der Waals surface area contributed by atoms with E-state index in [2.05, 4.69) is 17.7 Å². The zero-order valence-electron chi connectivity index (χ0n) is 10.9. The van der Waals surface area contributed by atoms with Gasteiger partial charge in [0.2, 0.25) is 0 Å². The van der Waals surface area contributed by atoms with Gasteiger partial charge in [0.25, 0.3) is 10.2 Å². The van der Waals surface area contributed by atoms with E-state index >= 15 is 0 Å². The maximum atomic E-state index is 12.2. The summed E-state index contributed by atoms with van der Waals surface area (Å²) in [7, 11) is -3.49. The summed E-state index contributed by atoms with van der Waals surface area (Å²) in [6.45, 7) is 3.30. The van der Waals surface area contributed by atoms with Crippen LogP contribution in [0, 0.1) is 17.2 Å². The van der Waals surface area contributed by atoms with Crippen LogP contribution >= 0.6 is 0 Å². The van der Waals surface area contributed by atoms with E-state index in [4.69, 9.17) is 0 Å². The SMILES string of the molecule is CC1CCC(C#N)(NS(=O)(=O)N2CCCC2)CC1. The van der Waals surface area contributed by atoms with Crippen LogP contribution in [-0.2, 0) is 10.2 Å². The molecule has 5 nitrogen and oxygen atoms in total. The smallest absolute Gasteiger partial charge is 0.196 e. The summed E-state index contributed by atoms with van der Waals surface area (Å²) >= 11 is 0. The summed E-state index contributed by atoms with van der Waals surface area (Å²) < 4.78 is 28.5. The predicted molar refractivity (Wildman–Crippen MR) is 68.8 cm³/mol. The minimum absolute atomic E-state index is 0.577. The van der Waals surface area contributed by atoms with Gasteiger partial charge in [-0.2, -0.15) is 22.7 Å². The van der Waals surface area contributed by atoms with E-state index in [-0.39, 0.29) is 0 Å². The van der Waals surface area contributed by atoms with Crippen molar-refractivity contribution in [3.63, 3.8) is 0 Å². The van der Waals surface area contributed by atoms with Crippen LogP contribution in [0.25, 0.3) is 0 Å². The van der Waals surface area contributed by atoms with E-state index in [1.54, 1.807) is 0 Å². The zero-order chi connectivity index (χ0) is 13.2. The Kier molecular flexibility index (Phi) is 3.95. The highest BCUT2D eigenvalue weighted by Gasteiger charge is 2.40. The Bertz CT molecular complexity index is 427. The molecule has 102 valence electrons. The normalized spacial score (nSPS) is 34.3. The number of nitrogens with one attached hydrogen (secondary N) is 1. The average molecular weight is 271 g/mol. The fraction of sp³-hybridized carbons (Fsp3) is 0.917. The van der Waals surface area contributed by atoms with Crippen LogP contribution < -0.4 is 4.72 Å². The fourth-order valence-electron chi connectivity index (χ4n) is 2.73. The second-order valence-corrected chi connectivity index (χ2v) is 7.26. The van der Waals surface area contributed by atoms with Crippen molar-refractivity contribution in [3.05, 3.63) is 0 Å². The minimum atomic E-state index is -3.49. The summed E-state index contributed by atoms with van der Waals surface area (Å²) in [5.74, 6) is 0.586. The van der Waals surface area contributed by atoms with Gasteiger partial charge in [0.05, 0.1) is 6.07 Å². The molecule has 0 atom stereocenters. The maximum Gasteiger partial charge on any atom is 0.280 e. The summed E-state index contributed by atoms with van der Waals surface area (Å²) in [5, 5.41) is 9.34. The third-order valence-corrected chi connectivity index (χ3v) is 5.76. The van der Waals surface area contributed by atoms with Crippen molar-refractivity contribution >= 4 is 10.2 Å². The van der Waals surface area contributed by atoms with E-state index in [0.29, 0.717) is 31.8 Å². The van der Waals surface area contributed by atoms with Crippen molar-refractivity contribution < 1.29 is 8.42 Å². The van der Waals surface area contributed by atoms with Crippen molar-refractivity contribution in [2.45, 2.75) is 51.0 Å². The van der Waals surface area contributed by atoms with Gasteiger partial charge in [0, 0.05) is 13.1 Å². The largest absolute Gasteiger partial charge is 0.280 e. The Morgan fingerprint density at radius 3 is 2.33 bits per heavy atom. The number of nitrogens with zero attached hydrogens (tertiary/aromatic N) is 2. The van der Waals surface area contributed by atoms with E-state index < -0.39 is 15.7 Å². The van der Waals surface area contributed by atoms with Gasteiger partial charge in [0.15, 0.2) is 0 Å². The Morgan fingerprint density at radius 1 is 1.28 bits per heavy atom. The first-order valence-electron chi connectivity index (χ1n) is 6.68. The average Bonchev–Trinajstić information content (AvgIpc) is 2.87. The molecule has 18 heavy (non-hydrogen) atoms. The molecule has 1 saturated heterocycles. The zero-order valence-corrected chi connectivity index (χ0v) is 11.7. The van der Waals surface area contributed by atoms with Gasteiger partial charge >= 0.3 is 0 Å². The molecule has 0 radical (unpaired) electrons. The molecule has 1 aliphatic heterocycles. The number of hydrogen-bond donors (Lipinski definition) is 1. The molecule has 0 spiro atoms. The van der Waals surface area contributed by atoms with Crippen LogP contribution in [-0.4, -0.2) is 31.4 Å². The number of nitriles is 1. The molecule has 1 aliphatic carbocycles. The quantitative estimate of drug-likeness (QED) is 0.843. The van der Waals surface area contributed by atoms with Crippen molar-refractivity contribution in [1.82, 2.24) is 9.03 Å². The lowest BCUT2D eigenvalue weighted by molar-refractivity contribution is 0.273. The Labute approximate surface area is 109 Å². The molecule has 1 N–H and O–H groups in total. The van der Waals surface area contributed by atoms with Gasteiger partial charge in [-0.05, 0) is 44.4 Å². The topological polar surface area (TPSA) is 73.2 Å². The van der Waals surface area contributed by atoms with Gasteiger partial charge in [-0.1, -0.05) is 6.92 Å². The lowest BCUT2D eigenvalue weighted by atomic mass is 9.79. The molecule has 2 fully saturated rings. The highest BCUT2D eigenvalue weighted by molar-refractivity contribution is 7.87. The van der Waals surface area contributed by atoms with Gasteiger partial charge in [-0.3, -0.25) is 0 Å². The fourth-order valence-corrected chi connectivity index (χ4v) is 4.34. The van der Waals surface area contributed by atoms with Gasteiger partial charge in [-0.25, -0.2) is 0 Å². The van der Waals surface area contributed by atoms with Crippen molar-refractivity contribution in [1.29, 1.82) is 5.26 Å². The van der Waals surface area contributed by atoms with Crippen LogP contribution in [0.3, 0.4) is 0 Å². The summed E-state index contributed by atoms with van der Waals surface area (Å²) in [5.41, 5.74) is -0.881. The maximum absolute atomic E-state index is 12.2. The molecule has 0 aromatic heterocycles. The second kappa shape index (κ2) is 5.16. The standard InChI is InChI=1S/C12H21N3O2S/c1-11-4-6-12(10-13,7-5-11)14-18(16,17)15-8-2-3-9-15/h11,14H,2-9H2,1H3. The molecule has 0 amide bonds. The molecule has 2 aliphatic rings. The van der Waals surface area contributed by atoms with Crippen molar-refractivity contribution in [2.75, 3.05) is 13.1 Å². The first-order valence-corrected chi connectivity index (χ1v) is 8.12.